The maximum Gasteiger partial charge on any atom is 0.323 e. The first-order valence-electron chi connectivity index (χ1n) is 6.52. The van der Waals surface area contributed by atoms with Crippen molar-refractivity contribution in [3.05, 3.63) is 0 Å². The Bertz CT molecular complexity index is 216. The van der Waals surface area contributed by atoms with Crippen molar-refractivity contribution < 1.29 is 9.53 Å². The molecule has 0 radical (unpaired) electrons. The lowest BCUT2D eigenvalue weighted by Gasteiger charge is -2.13. The van der Waals surface area contributed by atoms with Crippen molar-refractivity contribution in [3.63, 3.8) is 0 Å². The van der Waals surface area contributed by atoms with Crippen LogP contribution in [0.2, 0.25) is 0 Å². The van der Waals surface area contributed by atoms with Crippen LogP contribution in [0.4, 0.5) is 0 Å². The number of carbonyl (C=O) groups is 1. The quantitative estimate of drug-likeness (QED) is 0.494. The van der Waals surface area contributed by atoms with Crippen molar-refractivity contribution in [1.29, 1.82) is 0 Å². The van der Waals surface area contributed by atoms with Crippen LogP contribution < -0.4 is 0 Å². The molecule has 1 fully saturated rings. The fraction of sp³-hybridized carbons (Fsp3) is 0.923. The van der Waals surface area contributed by atoms with E-state index in [9.17, 15) is 4.79 Å². The third-order valence-corrected chi connectivity index (χ3v) is 3.29. The molecule has 3 heteroatoms. The normalized spacial score (nSPS) is 25.1. The highest BCUT2D eigenvalue weighted by atomic mass is 16.6. The van der Waals surface area contributed by atoms with E-state index in [0.717, 1.165) is 12.8 Å². The van der Waals surface area contributed by atoms with Gasteiger partial charge in [0.25, 0.3) is 0 Å². The first kappa shape index (κ1) is 13.5. The lowest BCUT2D eigenvalue weighted by molar-refractivity contribution is -0.144. The summed E-state index contributed by atoms with van der Waals surface area (Å²) in [6, 6.07) is -0.0133. The van der Waals surface area contributed by atoms with Crippen molar-refractivity contribution >= 4 is 5.97 Å². The predicted molar refractivity (Wildman–Crippen MR) is 65.3 cm³/mol. The smallest absolute Gasteiger partial charge is 0.323 e. The Hall–Kier alpha value is -0.570. The molecule has 0 bridgehead atoms. The van der Waals surface area contributed by atoms with Gasteiger partial charge in [-0.3, -0.25) is 9.69 Å². The minimum atomic E-state index is -0.0384. The molecule has 1 rings (SSSR count). The molecule has 94 valence electrons. The van der Waals surface area contributed by atoms with E-state index in [-0.39, 0.29) is 18.1 Å². The van der Waals surface area contributed by atoms with E-state index in [0.29, 0.717) is 0 Å². The topological polar surface area (TPSA) is 29.5 Å². The van der Waals surface area contributed by atoms with Crippen molar-refractivity contribution in [2.24, 2.45) is 0 Å². The number of ether oxygens (including phenoxy) is 1. The van der Waals surface area contributed by atoms with Gasteiger partial charge < -0.3 is 4.74 Å². The first-order valence-corrected chi connectivity index (χ1v) is 6.52. The van der Waals surface area contributed by atoms with E-state index >= 15 is 0 Å². The molecule has 2 unspecified atom stereocenters. The highest BCUT2D eigenvalue weighted by Gasteiger charge is 2.35. The third kappa shape index (κ3) is 4.12. The van der Waals surface area contributed by atoms with Crippen LogP contribution in [0, 0.1) is 0 Å². The second kappa shape index (κ2) is 6.89. The fourth-order valence-corrected chi connectivity index (χ4v) is 2.21. The number of hydrogen-bond acceptors (Lipinski definition) is 3. The van der Waals surface area contributed by atoms with Crippen LogP contribution in [0.25, 0.3) is 0 Å². The van der Waals surface area contributed by atoms with Gasteiger partial charge >= 0.3 is 5.97 Å². The summed E-state index contributed by atoms with van der Waals surface area (Å²) in [5.74, 6) is -0.0384. The van der Waals surface area contributed by atoms with Crippen molar-refractivity contribution in [2.75, 3.05) is 14.1 Å². The van der Waals surface area contributed by atoms with Crippen molar-refractivity contribution in [2.45, 2.75) is 64.0 Å². The molecule has 1 heterocycles. The van der Waals surface area contributed by atoms with E-state index in [2.05, 4.69) is 6.92 Å². The van der Waals surface area contributed by atoms with Gasteiger partial charge in [0, 0.05) is 6.42 Å². The zero-order valence-corrected chi connectivity index (χ0v) is 10.9. The van der Waals surface area contributed by atoms with Crippen LogP contribution >= 0.6 is 0 Å². The number of rotatable bonds is 7. The lowest BCUT2D eigenvalue weighted by Crippen LogP contribution is -2.31. The predicted octanol–water partition coefficient (Wildman–Crippen LogP) is 2.59. The molecule has 16 heavy (non-hydrogen) atoms. The number of hydrogen-bond donors (Lipinski definition) is 0. The number of carbonyl (C=O) groups excluding carboxylic acids is 1. The average Bonchev–Trinajstić information content (AvgIpc) is 2.59. The maximum atomic E-state index is 11.5. The Balaban J connectivity index is 2.13. The zero-order valence-electron chi connectivity index (χ0n) is 10.9. The lowest BCUT2D eigenvalue weighted by atomic mass is 10.0. The van der Waals surface area contributed by atoms with Crippen LogP contribution in [0.15, 0.2) is 0 Å². The van der Waals surface area contributed by atoms with E-state index in [4.69, 9.17) is 4.74 Å². The average molecular weight is 227 g/mol. The van der Waals surface area contributed by atoms with Gasteiger partial charge in [0.15, 0.2) is 0 Å². The molecule has 0 N–H and O–H groups in total. The maximum absolute atomic E-state index is 11.5. The Kier molecular flexibility index (Phi) is 5.81. The Morgan fingerprint density at radius 1 is 1.25 bits per heavy atom. The van der Waals surface area contributed by atoms with E-state index in [1.165, 1.54) is 32.1 Å². The van der Waals surface area contributed by atoms with Gasteiger partial charge in [-0.25, -0.2) is 0 Å². The second-order valence-electron chi connectivity index (χ2n) is 4.98. The highest BCUT2D eigenvalue weighted by molar-refractivity contribution is 5.77. The number of nitrogens with zero attached hydrogens (tertiary/aromatic N) is 1. The molecule has 0 aliphatic carbocycles. The van der Waals surface area contributed by atoms with E-state index in [1.54, 1.807) is 0 Å². The van der Waals surface area contributed by atoms with Gasteiger partial charge in [-0.15, -0.1) is 0 Å². The van der Waals surface area contributed by atoms with E-state index < -0.39 is 0 Å². The minimum Gasteiger partial charge on any atom is -0.461 e. The molecule has 0 amide bonds. The molecule has 0 spiro atoms. The second-order valence-corrected chi connectivity index (χ2v) is 4.98. The van der Waals surface area contributed by atoms with Crippen LogP contribution in [-0.4, -0.2) is 37.1 Å². The molecular formula is C13H25NO2. The fourth-order valence-electron chi connectivity index (χ4n) is 2.21. The first-order chi connectivity index (χ1) is 7.65. The number of cyclic esters (lactones) is 1. The van der Waals surface area contributed by atoms with Gasteiger partial charge in [0.05, 0.1) is 0 Å². The minimum absolute atomic E-state index is 0.0133. The number of unbranched alkanes of at least 4 members (excludes halogenated alkanes) is 4. The Morgan fingerprint density at radius 3 is 2.50 bits per heavy atom. The summed E-state index contributed by atoms with van der Waals surface area (Å²) >= 11 is 0. The van der Waals surface area contributed by atoms with E-state index in [1.807, 2.05) is 19.0 Å². The standard InChI is InChI=1S/C13H25NO2/c1-4-5-6-7-8-9-11-10-12(14(2)3)13(15)16-11/h11-12H,4-10H2,1-3H3. The summed E-state index contributed by atoms with van der Waals surface area (Å²) in [7, 11) is 3.88. The summed E-state index contributed by atoms with van der Waals surface area (Å²) in [5, 5.41) is 0. The molecule has 0 saturated carbocycles. The SMILES string of the molecule is CCCCCCCC1CC(N(C)C)C(=O)O1. The number of likely N-dealkylation sites (N-methyl/N-ethyl adjacent to an activating group) is 1. The van der Waals surface area contributed by atoms with Gasteiger partial charge in [-0.05, 0) is 26.9 Å². The molecule has 1 aliphatic rings. The van der Waals surface area contributed by atoms with Crippen molar-refractivity contribution in [3.8, 4) is 0 Å². The summed E-state index contributed by atoms with van der Waals surface area (Å²) < 4.78 is 5.36. The molecule has 1 saturated heterocycles. The molecular weight excluding hydrogens is 202 g/mol. The van der Waals surface area contributed by atoms with Gasteiger partial charge in [-0.1, -0.05) is 32.6 Å². The molecule has 2 atom stereocenters. The Labute approximate surface area is 99.1 Å². The zero-order chi connectivity index (χ0) is 12.0. The van der Waals surface area contributed by atoms with Crippen LogP contribution in [0.1, 0.15) is 51.9 Å². The third-order valence-electron chi connectivity index (χ3n) is 3.29. The molecule has 3 nitrogen and oxygen atoms in total. The van der Waals surface area contributed by atoms with Gasteiger partial charge in [0.2, 0.25) is 0 Å². The Morgan fingerprint density at radius 2 is 1.94 bits per heavy atom. The van der Waals surface area contributed by atoms with Gasteiger partial charge in [-0.2, -0.15) is 0 Å². The largest absolute Gasteiger partial charge is 0.461 e. The molecule has 0 aromatic heterocycles. The number of esters is 1. The van der Waals surface area contributed by atoms with Crippen LogP contribution in [-0.2, 0) is 9.53 Å². The van der Waals surface area contributed by atoms with Crippen LogP contribution in [0.5, 0.6) is 0 Å². The highest BCUT2D eigenvalue weighted by Crippen LogP contribution is 2.22. The summed E-state index contributed by atoms with van der Waals surface area (Å²) in [6.45, 7) is 2.22. The van der Waals surface area contributed by atoms with Crippen LogP contribution in [0.3, 0.4) is 0 Å². The molecule has 0 aromatic rings. The summed E-state index contributed by atoms with van der Waals surface area (Å²) in [4.78, 5) is 13.5. The van der Waals surface area contributed by atoms with Gasteiger partial charge in [0.1, 0.15) is 12.1 Å². The molecule has 1 aliphatic heterocycles. The van der Waals surface area contributed by atoms with Crippen molar-refractivity contribution in [1.82, 2.24) is 4.90 Å². The summed E-state index contributed by atoms with van der Waals surface area (Å²) in [5.41, 5.74) is 0. The molecule has 0 aromatic carbocycles. The summed E-state index contributed by atoms with van der Waals surface area (Å²) in [6.07, 6.45) is 8.47. The monoisotopic (exact) mass is 227 g/mol.